The van der Waals surface area contributed by atoms with E-state index in [9.17, 15) is 0 Å². The minimum atomic E-state index is 0.646. The number of benzene rings is 7. The van der Waals surface area contributed by atoms with Crippen molar-refractivity contribution in [1.82, 2.24) is 15.0 Å². The van der Waals surface area contributed by atoms with Crippen LogP contribution in [-0.2, 0) is 0 Å². The van der Waals surface area contributed by atoms with Crippen LogP contribution in [-0.4, -0.2) is 15.0 Å². The summed E-state index contributed by atoms with van der Waals surface area (Å²) in [4.78, 5) is 15.8. The molecule has 0 bridgehead atoms. The Morgan fingerprint density at radius 1 is 0.362 bits per heavy atom. The van der Waals surface area contributed by atoms with Gasteiger partial charge in [-0.05, 0) is 51.2 Å². The third-order valence-electron chi connectivity index (χ3n) is 8.75. The van der Waals surface area contributed by atoms with E-state index < -0.39 is 0 Å². The fourth-order valence-electron chi connectivity index (χ4n) is 6.50. The first-order chi connectivity index (χ1) is 23.3. The lowest BCUT2D eigenvalue weighted by atomic mass is 9.93. The molecule has 9 rings (SSSR count). The molecule has 0 radical (unpaired) electrons. The van der Waals surface area contributed by atoms with E-state index in [1.165, 1.54) is 20.2 Å². The maximum Gasteiger partial charge on any atom is 0.165 e. The molecule has 9 aromatic rings. The quantitative estimate of drug-likeness (QED) is 0.193. The van der Waals surface area contributed by atoms with Crippen LogP contribution in [0.1, 0.15) is 0 Å². The van der Waals surface area contributed by atoms with E-state index in [1.807, 2.05) is 6.07 Å². The highest BCUT2D eigenvalue weighted by Crippen LogP contribution is 2.41. The van der Waals surface area contributed by atoms with Gasteiger partial charge in [-0.25, -0.2) is 15.0 Å². The molecule has 2 aromatic heterocycles. The Hall–Kier alpha value is -5.97. The largest absolute Gasteiger partial charge is 0.208 e. The van der Waals surface area contributed by atoms with Crippen molar-refractivity contribution in [2.24, 2.45) is 0 Å². The lowest BCUT2D eigenvalue weighted by Crippen LogP contribution is -2.02. The predicted molar refractivity (Wildman–Crippen MR) is 197 cm³/mol. The maximum atomic E-state index is 5.32. The van der Waals surface area contributed by atoms with Crippen LogP contribution >= 0.6 is 11.3 Å². The highest BCUT2D eigenvalue weighted by atomic mass is 32.1. The lowest BCUT2D eigenvalue weighted by Gasteiger charge is -2.15. The topological polar surface area (TPSA) is 38.7 Å². The molecule has 220 valence electrons. The molecule has 7 aromatic carbocycles. The third kappa shape index (κ3) is 4.87. The predicted octanol–water partition coefficient (Wildman–Crippen LogP) is 11.7. The maximum absolute atomic E-state index is 5.32. The summed E-state index contributed by atoms with van der Waals surface area (Å²) in [6.07, 6.45) is 0. The SMILES string of the molecule is c1ccc(-c2cccc(-c3nc(-c4c(-c5ccccc5)ccc5ccccc45)nc(-c4cccc5c4sc4ccccc45)n3)c2)cc1. The molecule has 0 atom stereocenters. The molecule has 0 aliphatic rings. The van der Waals surface area contributed by atoms with Crippen LogP contribution in [0, 0.1) is 0 Å². The average Bonchev–Trinajstić information content (AvgIpc) is 3.54. The van der Waals surface area contributed by atoms with E-state index in [1.54, 1.807) is 11.3 Å². The third-order valence-corrected chi connectivity index (χ3v) is 9.97. The Morgan fingerprint density at radius 3 is 1.83 bits per heavy atom. The number of rotatable bonds is 5. The van der Waals surface area contributed by atoms with Crippen LogP contribution in [0.15, 0.2) is 164 Å². The second kappa shape index (κ2) is 11.4. The highest BCUT2D eigenvalue weighted by molar-refractivity contribution is 7.26. The molecule has 0 spiro atoms. The van der Waals surface area contributed by atoms with Crippen molar-refractivity contribution in [3.8, 4) is 56.4 Å². The molecule has 2 heterocycles. The summed E-state index contributed by atoms with van der Waals surface area (Å²) in [5.41, 5.74) is 7.44. The van der Waals surface area contributed by atoms with Gasteiger partial charge in [0.05, 0.1) is 0 Å². The Morgan fingerprint density at radius 2 is 0.979 bits per heavy atom. The summed E-state index contributed by atoms with van der Waals surface area (Å²) in [7, 11) is 0. The van der Waals surface area contributed by atoms with E-state index >= 15 is 0 Å². The number of hydrogen-bond donors (Lipinski definition) is 0. The highest BCUT2D eigenvalue weighted by Gasteiger charge is 2.20. The molecular formula is C43H27N3S. The fourth-order valence-corrected chi connectivity index (χ4v) is 7.71. The summed E-state index contributed by atoms with van der Waals surface area (Å²) in [6.45, 7) is 0. The molecule has 0 N–H and O–H groups in total. The van der Waals surface area contributed by atoms with Gasteiger partial charge in [0.25, 0.3) is 0 Å². The van der Waals surface area contributed by atoms with Crippen LogP contribution in [0.25, 0.3) is 87.4 Å². The Balaban J connectivity index is 1.35. The number of hydrogen-bond acceptors (Lipinski definition) is 4. The van der Waals surface area contributed by atoms with Crippen LogP contribution in [0.3, 0.4) is 0 Å². The van der Waals surface area contributed by atoms with Crippen LogP contribution < -0.4 is 0 Å². The molecule has 0 fully saturated rings. The van der Waals surface area contributed by atoms with Gasteiger partial charge in [0.15, 0.2) is 17.5 Å². The standard InChI is InChI=1S/C43H27N3S/c1-3-13-28(14-4-1)31-18-11-19-32(27-31)41-44-42(37-23-12-22-36-35-21-9-10-24-38(35)47-40(36)37)46-43(45-41)39-33-20-8-7-17-30(33)25-26-34(39)29-15-5-2-6-16-29/h1-27H. The van der Waals surface area contributed by atoms with Crippen molar-refractivity contribution in [3.05, 3.63) is 164 Å². The summed E-state index contributed by atoms with van der Waals surface area (Å²) in [5, 5.41) is 4.71. The molecule has 3 nitrogen and oxygen atoms in total. The number of fused-ring (bicyclic) bond motifs is 4. The molecule has 0 amide bonds. The molecule has 0 aliphatic carbocycles. The molecule has 47 heavy (non-hydrogen) atoms. The minimum absolute atomic E-state index is 0.646. The van der Waals surface area contributed by atoms with E-state index in [-0.39, 0.29) is 0 Å². The zero-order chi connectivity index (χ0) is 31.2. The van der Waals surface area contributed by atoms with Gasteiger partial charge < -0.3 is 0 Å². The average molecular weight is 618 g/mol. The van der Waals surface area contributed by atoms with Crippen LogP contribution in [0.5, 0.6) is 0 Å². The van der Waals surface area contributed by atoms with Crippen molar-refractivity contribution in [1.29, 1.82) is 0 Å². The number of thiophene rings is 1. The first kappa shape index (κ1) is 27.3. The zero-order valence-electron chi connectivity index (χ0n) is 25.3. The van der Waals surface area contributed by atoms with Crippen LogP contribution in [0.4, 0.5) is 0 Å². The summed E-state index contributed by atoms with van der Waals surface area (Å²) < 4.78 is 2.43. The Labute approximate surface area is 276 Å². The molecule has 0 saturated carbocycles. The fraction of sp³-hybridized carbons (Fsp3) is 0. The van der Waals surface area contributed by atoms with E-state index in [0.29, 0.717) is 17.5 Å². The molecule has 0 unspecified atom stereocenters. The van der Waals surface area contributed by atoms with Gasteiger partial charge >= 0.3 is 0 Å². The van der Waals surface area contributed by atoms with E-state index in [2.05, 4.69) is 158 Å². The van der Waals surface area contributed by atoms with Crippen molar-refractivity contribution in [2.45, 2.75) is 0 Å². The lowest BCUT2D eigenvalue weighted by molar-refractivity contribution is 1.08. The van der Waals surface area contributed by atoms with Gasteiger partial charge in [0.2, 0.25) is 0 Å². The molecule has 4 heteroatoms. The molecule has 0 aliphatic heterocycles. The van der Waals surface area contributed by atoms with Crippen LogP contribution in [0.2, 0.25) is 0 Å². The van der Waals surface area contributed by atoms with Crippen molar-refractivity contribution < 1.29 is 0 Å². The first-order valence-electron chi connectivity index (χ1n) is 15.7. The van der Waals surface area contributed by atoms with Gasteiger partial charge in [0.1, 0.15) is 0 Å². The minimum Gasteiger partial charge on any atom is -0.208 e. The van der Waals surface area contributed by atoms with Gasteiger partial charge in [-0.15, -0.1) is 11.3 Å². The van der Waals surface area contributed by atoms with Gasteiger partial charge in [0, 0.05) is 36.9 Å². The van der Waals surface area contributed by atoms with Gasteiger partial charge in [-0.1, -0.05) is 146 Å². The van der Waals surface area contributed by atoms with Crippen molar-refractivity contribution in [3.63, 3.8) is 0 Å². The Bertz CT molecular complexity index is 2570. The van der Waals surface area contributed by atoms with Crippen molar-refractivity contribution in [2.75, 3.05) is 0 Å². The molecule has 0 saturated heterocycles. The Kier molecular flexibility index (Phi) is 6.65. The summed E-state index contributed by atoms with van der Waals surface area (Å²) in [6, 6.07) is 57.3. The van der Waals surface area contributed by atoms with E-state index in [4.69, 9.17) is 15.0 Å². The number of aromatic nitrogens is 3. The smallest absolute Gasteiger partial charge is 0.165 e. The monoisotopic (exact) mass is 617 g/mol. The second-order valence-electron chi connectivity index (χ2n) is 11.6. The zero-order valence-corrected chi connectivity index (χ0v) is 26.2. The van der Waals surface area contributed by atoms with E-state index in [0.717, 1.165) is 49.7 Å². The summed E-state index contributed by atoms with van der Waals surface area (Å²) >= 11 is 1.79. The summed E-state index contributed by atoms with van der Waals surface area (Å²) in [5.74, 6) is 1.97. The number of nitrogens with zero attached hydrogens (tertiary/aromatic N) is 3. The normalized spacial score (nSPS) is 11.4. The van der Waals surface area contributed by atoms with Crippen molar-refractivity contribution >= 4 is 42.3 Å². The van der Waals surface area contributed by atoms with Gasteiger partial charge in [-0.3, -0.25) is 0 Å². The molecular weight excluding hydrogens is 591 g/mol. The van der Waals surface area contributed by atoms with Gasteiger partial charge in [-0.2, -0.15) is 0 Å². The second-order valence-corrected chi connectivity index (χ2v) is 12.7. The first-order valence-corrected chi connectivity index (χ1v) is 16.5.